The lowest BCUT2D eigenvalue weighted by molar-refractivity contribution is -0.145. The summed E-state index contributed by atoms with van der Waals surface area (Å²) >= 11 is 1.45. The Labute approximate surface area is 133 Å². The van der Waals surface area contributed by atoms with Gasteiger partial charge in [0.1, 0.15) is 0 Å². The molecule has 1 aliphatic heterocycles. The summed E-state index contributed by atoms with van der Waals surface area (Å²) in [5.74, 6) is -1.75. The van der Waals surface area contributed by atoms with Crippen LogP contribution in [-0.2, 0) is 9.59 Å². The summed E-state index contributed by atoms with van der Waals surface area (Å²) in [5, 5.41) is 12.7. The van der Waals surface area contributed by atoms with Crippen LogP contribution in [0.3, 0.4) is 0 Å². The highest BCUT2D eigenvalue weighted by Gasteiger charge is 2.29. The monoisotopic (exact) mass is 324 g/mol. The summed E-state index contributed by atoms with van der Waals surface area (Å²) in [6.45, 7) is 2.62. The maximum atomic E-state index is 12.3. The molecule has 1 aliphatic rings. The number of piperidine rings is 1. The van der Waals surface area contributed by atoms with Gasteiger partial charge in [-0.1, -0.05) is 0 Å². The molecule has 0 aliphatic carbocycles. The summed E-state index contributed by atoms with van der Waals surface area (Å²) in [4.78, 5) is 38.5. The summed E-state index contributed by atoms with van der Waals surface area (Å²) in [5.41, 5.74) is 1.51. The lowest BCUT2D eigenvalue weighted by atomic mass is 9.98. The molecule has 0 aromatic carbocycles. The number of nitrogens with zero attached hydrogens (tertiary/aromatic N) is 2. The van der Waals surface area contributed by atoms with Gasteiger partial charge in [0.15, 0.2) is 0 Å². The zero-order valence-corrected chi connectivity index (χ0v) is 13.6. The van der Waals surface area contributed by atoms with Crippen LogP contribution in [-0.4, -0.2) is 59.4 Å². The topological polar surface area (TPSA) is 77.9 Å². The van der Waals surface area contributed by atoms with Crippen LogP contribution in [0.25, 0.3) is 0 Å². The van der Waals surface area contributed by atoms with Crippen molar-refractivity contribution in [1.29, 1.82) is 0 Å². The van der Waals surface area contributed by atoms with Crippen LogP contribution in [0.2, 0.25) is 0 Å². The minimum Gasteiger partial charge on any atom is -0.481 e. The molecule has 1 N–H and O–H groups in total. The third-order valence-electron chi connectivity index (χ3n) is 3.93. The van der Waals surface area contributed by atoms with Crippen LogP contribution in [0.15, 0.2) is 10.8 Å². The molecule has 7 heteroatoms. The van der Waals surface area contributed by atoms with E-state index in [0.717, 1.165) is 5.56 Å². The van der Waals surface area contributed by atoms with Crippen molar-refractivity contribution >= 4 is 29.1 Å². The van der Waals surface area contributed by atoms with Crippen molar-refractivity contribution in [2.75, 3.05) is 26.7 Å². The van der Waals surface area contributed by atoms with Crippen molar-refractivity contribution in [1.82, 2.24) is 9.80 Å². The number of likely N-dealkylation sites (tertiary alicyclic amines) is 1. The van der Waals surface area contributed by atoms with E-state index in [-0.39, 0.29) is 24.9 Å². The van der Waals surface area contributed by atoms with E-state index in [4.69, 9.17) is 5.11 Å². The van der Waals surface area contributed by atoms with Crippen molar-refractivity contribution in [3.05, 3.63) is 21.9 Å². The maximum absolute atomic E-state index is 12.3. The van der Waals surface area contributed by atoms with Crippen molar-refractivity contribution in [3.63, 3.8) is 0 Å². The number of hydrogen-bond donors (Lipinski definition) is 1. The van der Waals surface area contributed by atoms with Crippen LogP contribution in [0.5, 0.6) is 0 Å². The summed E-state index contributed by atoms with van der Waals surface area (Å²) in [6, 6.07) is 0. The van der Waals surface area contributed by atoms with Gasteiger partial charge in [-0.15, -0.1) is 0 Å². The van der Waals surface area contributed by atoms with Gasteiger partial charge in [-0.05, 0) is 30.7 Å². The lowest BCUT2D eigenvalue weighted by Crippen LogP contribution is -2.46. The highest BCUT2D eigenvalue weighted by Crippen LogP contribution is 2.18. The molecule has 1 aromatic rings. The third kappa shape index (κ3) is 3.65. The molecule has 120 valence electrons. The molecule has 1 fully saturated rings. The van der Waals surface area contributed by atoms with Crippen LogP contribution in [0, 0.1) is 12.8 Å². The van der Waals surface area contributed by atoms with Crippen LogP contribution in [0.4, 0.5) is 0 Å². The molecule has 0 saturated carbocycles. The SMILES string of the molecule is Cc1cscc1C(=O)N(C)CC(=O)N1CCCC(C(=O)O)C1. The minimum absolute atomic E-state index is 0.0273. The van der Waals surface area contributed by atoms with Crippen molar-refractivity contribution in [3.8, 4) is 0 Å². The summed E-state index contributed by atoms with van der Waals surface area (Å²) in [6.07, 6.45) is 1.28. The number of rotatable bonds is 4. The van der Waals surface area contributed by atoms with Gasteiger partial charge in [-0.25, -0.2) is 0 Å². The minimum atomic E-state index is -0.865. The van der Waals surface area contributed by atoms with Gasteiger partial charge in [-0.2, -0.15) is 11.3 Å². The molecule has 0 radical (unpaired) electrons. The number of amides is 2. The first-order chi connectivity index (χ1) is 10.4. The first-order valence-corrected chi connectivity index (χ1v) is 8.13. The third-order valence-corrected chi connectivity index (χ3v) is 4.79. The lowest BCUT2D eigenvalue weighted by Gasteiger charge is -2.32. The average molecular weight is 324 g/mol. The fourth-order valence-corrected chi connectivity index (χ4v) is 3.39. The average Bonchev–Trinajstić information content (AvgIpc) is 2.92. The Bertz CT molecular complexity index is 584. The fourth-order valence-electron chi connectivity index (χ4n) is 2.57. The molecule has 2 amide bonds. The van der Waals surface area contributed by atoms with Crippen LogP contribution >= 0.6 is 11.3 Å². The number of hydrogen-bond acceptors (Lipinski definition) is 4. The molecule has 1 unspecified atom stereocenters. The van der Waals surface area contributed by atoms with E-state index in [1.807, 2.05) is 12.3 Å². The zero-order chi connectivity index (χ0) is 16.3. The van der Waals surface area contributed by atoms with Crippen molar-refractivity contribution < 1.29 is 19.5 Å². The Morgan fingerprint density at radius 1 is 1.41 bits per heavy atom. The van der Waals surface area contributed by atoms with E-state index >= 15 is 0 Å². The van der Waals surface area contributed by atoms with Gasteiger partial charge in [0, 0.05) is 25.5 Å². The second-order valence-electron chi connectivity index (χ2n) is 5.65. The first-order valence-electron chi connectivity index (χ1n) is 7.19. The Hall–Kier alpha value is -1.89. The van der Waals surface area contributed by atoms with Crippen molar-refractivity contribution in [2.45, 2.75) is 19.8 Å². The molecule has 1 atom stereocenters. The first kappa shape index (κ1) is 16.5. The fraction of sp³-hybridized carbons (Fsp3) is 0.533. The molecule has 0 spiro atoms. The number of carboxylic acid groups (broad SMARTS) is 1. The number of likely N-dealkylation sites (N-methyl/N-ethyl adjacent to an activating group) is 1. The van der Waals surface area contributed by atoms with Gasteiger partial charge in [0.2, 0.25) is 5.91 Å². The van der Waals surface area contributed by atoms with Gasteiger partial charge in [0.25, 0.3) is 5.91 Å². The smallest absolute Gasteiger partial charge is 0.308 e. The Kier molecular flexibility index (Phi) is 5.18. The molecular weight excluding hydrogens is 304 g/mol. The zero-order valence-electron chi connectivity index (χ0n) is 12.7. The number of carbonyl (C=O) groups excluding carboxylic acids is 2. The summed E-state index contributed by atoms with van der Waals surface area (Å²) in [7, 11) is 1.59. The quantitative estimate of drug-likeness (QED) is 0.909. The van der Waals surface area contributed by atoms with Gasteiger partial charge < -0.3 is 14.9 Å². The van der Waals surface area contributed by atoms with Crippen molar-refractivity contribution in [2.24, 2.45) is 5.92 Å². The van der Waals surface area contributed by atoms with E-state index in [1.54, 1.807) is 17.3 Å². The Morgan fingerprint density at radius 3 is 2.73 bits per heavy atom. The standard InChI is InChI=1S/C15H20N2O4S/c1-10-8-22-9-12(10)14(19)16(2)7-13(18)17-5-3-4-11(6-17)15(20)21/h8-9,11H,3-7H2,1-2H3,(H,20,21). The Balaban J connectivity index is 1.95. The normalized spacial score (nSPS) is 18.1. The van der Waals surface area contributed by atoms with Crippen LogP contribution in [0.1, 0.15) is 28.8 Å². The highest BCUT2D eigenvalue weighted by molar-refractivity contribution is 7.08. The van der Waals surface area contributed by atoms with Gasteiger partial charge in [0.05, 0.1) is 18.0 Å². The maximum Gasteiger partial charge on any atom is 0.308 e. The predicted octanol–water partition coefficient (Wildman–Crippen LogP) is 1.45. The molecule has 0 bridgehead atoms. The predicted molar refractivity (Wildman–Crippen MR) is 83.0 cm³/mol. The number of aryl methyl sites for hydroxylation is 1. The molecule has 6 nitrogen and oxygen atoms in total. The summed E-state index contributed by atoms with van der Waals surface area (Å²) < 4.78 is 0. The van der Waals surface area contributed by atoms with E-state index in [0.29, 0.717) is 24.9 Å². The number of aliphatic carboxylic acids is 1. The van der Waals surface area contributed by atoms with E-state index in [9.17, 15) is 14.4 Å². The number of carboxylic acids is 1. The molecule has 2 rings (SSSR count). The van der Waals surface area contributed by atoms with Gasteiger partial charge >= 0.3 is 5.97 Å². The second-order valence-corrected chi connectivity index (χ2v) is 6.39. The number of thiophene rings is 1. The Morgan fingerprint density at radius 2 is 2.14 bits per heavy atom. The largest absolute Gasteiger partial charge is 0.481 e. The second kappa shape index (κ2) is 6.91. The van der Waals surface area contributed by atoms with E-state index < -0.39 is 11.9 Å². The molecule has 1 saturated heterocycles. The van der Waals surface area contributed by atoms with Gasteiger partial charge in [-0.3, -0.25) is 14.4 Å². The molecule has 1 aromatic heterocycles. The van der Waals surface area contributed by atoms with E-state index in [2.05, 4.69) is 0 Å². The molecular formula is C15H20N2O4S. The van der Waals surface area contributed by atoms with E-state index in [1.165, 1.54) is 16.2 Å². The van der Waals surface area contributed by atoms with Crippen LogP contribution < -0.4 is 0 Å². The molecule has 22 heavy (non-hydrogen) atoms. The molecule has 2 heterocycles. The highest BCUT2D eigenvalue weighted by atomic mass is 32.1. The number of carbonyl (C=O) groups is 3.